The third-order valence-corrected chi connectivity index (χ3v) is 3.29. The van der Waals surface area contributed by atoms with Crippen molar-refractivity contribution in [2.45, 2.75) is 44.6 Å². The molecule has 0 spiro atoms. The topological polar surface area (TPSA) is 75.6 Å². The van der Waals surface area contributed by atoms with Gasteiger partial charge in [0.1, 0.15) is 5.75 Å². The highest BCUT2D eigenvalue weighted by Gasteiger charge is 2.16. The predicted molar refractivity (Wildman–Crippen MR) is 74.8 cm³/mol. The molecule has 0 radical (unpaired) electrons. The van der Waals surface area contributed by atoms with E-state index in [0.717, 1.165) is 18.6 Å². The zero-order valence-corrected chi connectivity index (χ0v) is 11.3. The molecule has 2 rings (SSSR count). The van der Waals surface area contributed by atoms with Gasteiger partial charge in [0.15, 0.2) is 0 Å². The van der Waals surface area contributed by atoms with Crippen LogP contribution in [0.4, 0.5) is 5.69 Å². The van der Waals surface area contributed by atoms with E-state index in [-0.39, 0.29) is 24.9 Å². The molecular formula is C15H19NO4. The van der Waals surface area contributed by atoms with Crippen LogP contribution in [0.15, 0.2) is 24.3 Å². The molecule has 1 aromatic carbocycles. The van der Waals surface area contributed by atoms with Crippen LogP contribution < -0.4 is 10.1 Å². The number of nitrogens with one attached hydrogen (secondary N) is 1. The smallest absolute Gasteiger partial charge is 0.303 e. The summed E-state index contributed by atoms with van der Waals surface area (Å²) in [6.45, 7) is 0. The lowest BCUT2D eigenvalue weighted by Crippen LogP contribution is -2.14. The van der Waals surface area contributed by atoms with Gasteiger partial charge < -0.3 is 15.2 Å². The van der Waals surface area contributed by atoms with Crippen LogP contribution >= 0.6 is 0 Å². The standard InChI is InChI=1S/C15H19NO4/c17-14(8-9-15(18)19)16-11-4-3-7-13(10-11)20-12-5-1-2-6-12/h3-4,7,10,12H,1-2,5-6,8-9H2,(H,16,17)(H,18,19). The molecule has 1 fully saturated rings. The van der Waals surface area contributed by atoms with Crippen LogP contribution in [0.2, 0.25) is 0 Å². The average Bonchev–Trinajstić information content (AvgIpc) is 2.89. The first-order valence-corrected chi connectivity index (χ1v) is 6.92. The number of ether oxygens (including phenoxy) is 1. The lowest BCUT2D eigenvalue weighted by Gasteiger charge is -2.14. The molecule has 0 heterocycles. The van der Waals surface area contributed by atoms with E-state index in [1.54, 1.807) is 12.1 Å². The number of carbonyl (C=O) groups is 2. The fourth-order valence-electron chi connectivity index (χ4n) is 2.29. The quantitative estimate of drug-likeness (QED) is 0.838. The van der Waals surface area contributed by atoms with Crippen molar-refractivity contribution >= 4 is 17.6 Å². The molecule has 2 N–H and O–H groups in total. The van der Waals surface area contributed by atoms with Gasteiger partial charge in [0.2, 0.25) is 5.91 Å². The first-order valence-electron chi connectivity index (χ1n) is 6.92. The highest BCUT2D eigenvalue weighted by Crippen LogP contribution is 2.25. The zero-order valence-electron chi connectivity index (χ0n) is 11.3. The Labute approximate surface area is 117 Å². The summed E-state index contributed by atoms with van der Waals surface area (Å²) in [5.74, 6) is -0.531. The zero-order chi connectivity index (χ0) is 14.4. The second-order valence-corrected chi connectivity index (χ2v) is 4.99. The van der Waals surface area contributed by atoms with Crippen molar-refractivity contribution in [3.8, 4) is 5.75 Å². The molecule has 20 heavy (non-hydrogen) atoms. The largest absolute Gasteiger partial charge is 0.490 e. The molecule has 5 nitrogen and oxygen atoms in total. The maximum atomic E-state index is 11.6. The molecule has 1 aromatic rings. The van der Waals surface area contributed by atoms with Crippen molar-refractivity contribution in [2.75, 3.05) is 5.32 Å². The van der Waals surface area contributed by atoms with E-state index in [1.165, 1.54) is 12.8 Å². The Morgan fingerprint density at radius 1 is 1.25 bits per heavy atom. The van der Waals surface area contributed by atoms with Gasteiger partial charge in [-0.2, -0.15) is 0 Å². The highest BCUT2D eigenvalue weighted by molar-refractivity contribution is 5.92. The SMILES string of the molecule is O=C(O)CCC(=O)Nc1cccc(OC2CCCC2)c1. The van der Waals surface area contributed by atoms with Crippen LogP contribution in [0, 0.1) is 0 Å². The number of carboxylic acids is 1. The van der Waals surface area contributed by atoms with E-state index in [9.17, 15) is 9.59 Å². The van der Waals surface area contributed by atoms with Crippen LogP contribution in [0.5, 0.6) is 5.75 Å². The molecule has 0 unspecified atom stereocenters. The van der Waals surface area contributed by atoms with Crippen LogP contribution in [-0.4, -0.2) is 23.1 Å². The molecule has 108 valence electrons. The Hall–Kier alpha value is -2.04. The number of carbonyl (C=O) groups excluding carboxylic acids is 1. The second-order valence-electron chi connectivity index (χ2n) is 4.99. The van der Waals surface area contributed by atoms with Crippen molar-refractivity contribution in [3.63, 3.8) is 0 Å². The molecule has 1 aliphatic rings. The summed E-state index contributed by atoms with van der Waals surface area (Å²) in [6, 6.07) is 7.22. The minimum Gasteiger partial charge on any atom is -0.490 e. The summed E-state index contributed by atoms with van der Waals surface area (Å²) in [7, 11) is 0. The lowest BCUT2D eigenvalue weighted by molar-refractivity contribution is -0.138. The molecule has 0 aromatic heterocycles. The Balaban J connectivity index is 1.88. The van der Waals surface area contributed by atoms with Gasteiger partial charge in [-0.05, 0) is 37.8 Å². The summed E-state index contributed by atoms with van der Waals surface area (Å²) < 4.78 is 5.85. The Bertz CT molecular complexity index is 481. The summed E-state index contributed by atoms with van der Waals surface area (Å²) in [6.07, 6.45) is 4.65. The molecule has 1 amide bonds. The molecule has 0 saturated heterocycles. The van der Waals surface area contributed by atoms with Gasteiger partial charge in [0.25, 0.3) is 0 Å². The fourth-order valence-corrected chi connectivity index (χ4v) is 2.29. The minimum atomic E-state index is -0.974. The predicted octanol–water partition coefficient (Wildman–Crippen LogP) is 2.81. The molecule has 0 atom stereocenters. The van der Waals surface area contributed by atoms with Crippen molar-refractivity contribution in [3.05, 3.63) is 24.3 Å². The first-order chi connectivity index (χ1) is 9.63. The fraction of sp³-hybridized carbons (Fsp3) is 0.467. The highest BCUT2D eigenvalue weighted by atomic mass is 16.5. The van der Waals surface area contributed by atoms with Gasteiger partial charge >= 0.3 is 5.97 Å². The first kappa shape index (κ1) is 14.4. The van der Waals surface area contributed by atoms with E-state index >= 15 is 0 Å². The number of hydrogen-bond acceptors (Lipinski definition) is 3. The lowest BCUT2D eigenvalue weighted by atomic mass is 10.2. The van der Waals surface area contributed by atoms with Gasteiger partial charge in [-0.1, -0.05) is 6.07 Å². The van der Waals surface area contributed by atoms with E-state index in [1.807, 2.05) is 12.1 Å². The number of benzene rings is 1. The Morgan fingerprint density at radius 2 is 2.00 bits per heavy atom. The number of anilines is 1. The Kier molecular flexibility index (Phi) is 4.98. The van der Waals surface area contributed by atoms with Crippen molar-refractivity contribution in [1.82, 2.24) is 0 Å². The average molecular weight is 277 g/mol. The van der Waals surface area contributed by atoms with Gasteiger partial charge in [-0.25, -0.2) is 0 Å². The van der Waals surface area contributed by atoms with Crippen LogP contribution in [0.3, 0.4) is 0 Å². The van der Waals surface area contributed by atoms with Crippen LogP contribution in [0.25, 0.3) is 0 Å². The molecule has 0 bridgehead atoms. The summed E-state index contributed by atoms with van der Waals surface area (Å²) >= 11 is 0. The monoisotopic (exact) mass is 277 g/mol. The molecule has 0 aliphatic heterocycles. The molecular weight excluding hydrogens is 258 g/mol. The number of hydrogen-bond donors (Lipinski definition) is 2. The van der Waals surface area contributed by atoms with E-state index in [4.69, 9.17) is 9.84 Å². The van der Waals surface area contributed by atoms with E-state index in [2.05, 4.69) is 5.32 Å². The van der Waals surface area contributed by atoms with Crippen LogP contribution in [0.1, 0.15) is 38.5 Å². The van der Waals surface area contributed by atoms with Gasteiger partial charge in [0.05, 0.1) is 12.5 Å². The van der Waals surface area contributed by atoms with Crippen LogP contribution in [-0.2, 0) is 9.59 Å². The number of amides is 1. The second kappa shape index (κ2) is 6.93. The van der Waals surface area contributed by atoms with Gasteiger partial charge in [-0.15, -0.1) is 0 Å². The summed E-state index contributed by atoms with van der Waals surface area (Å²) in [5.41, 5.74) is 0.635. The minimum absolute atomic E-state index is 0.0248. The van der Waals surface area contributed by atoms with Gasteiger partial charge in [0, 0.05) is 18.2 Å². The number of rotatable bonds is 6. The summed E-state index contributed by atoms with van der Waals surface area (Å²) in [5, 5.41) is 11.2. The molecule has 5 heteroatoms. The molecule has 1 aliphatic carbocycles. The third-order valence-electron chi connectivity index (χ3n) is 3.29. The normalized spacial score (nSPS) is 15.0. The maximum absolute atomic E-state index is 11.6. The number of carboxylic acid groups (broad SMARTS) is 1. The molecule has 1 saturated carbocycles. The van der Waals surface area contributed by atoms with Gasteiger partial charge in [-0.3, -0.25) is 9.59 Å². The van der Waals surface area contributed by atoms with Crippen molar-refractivity contribution in [2.24, 2.45) is 0 Å². The Morgan fingerprint density at radius 3 is 2.70 bits per heavy atom. The summed E-state index contributed by atoms with van der Waals surface area (Å²) in [4.78, 5) is 22.0. The van der Waals surface area contributed by atoms with Crippen molar-refractivity contribution in [1.29, 1.82) is 0 Å². The maximum Gasteiger partial charge on any atom is 0.303 e. The number of aliphatic carboxylic acids is 1. The van der Waals surface area contributed by atoms with E-state index in [0.29, 0.717) is 5.69 Å². The third kappa shape index (κ3) is 4.57. The van der Waals surface area contributed by atoms with E-state index < -0.39 is 5.97 Å². The van der Waals surface area contributed by atoms with Crippen molar-refractivity contribution < 1.29 is 19.4 Å².